The van der Waals surface area contributed by atoms with Crippen molar-refractivity contribution in [1.82, 2.24) is 9.78 Å². The number of unbranched alkanes of at least 4 members (excludes halogenated alkanes) is 1. The summed E-state index contributed by atoms with van der Waals surface area (Å²) in [5.41, 5.74) is 4.14. The van der Waals surface area contributed by atoms with Crippen molar-refractivity contribution in [3.8, 4) is 5.88 Å². The summed E-state index contributed by atoms with van der Waals surface area (Å²) in [6.07, 6.45) is 2.52. The van der Waals surface area contributed by atoms with Gasteiger partial charge in [0.15, 0.2) is 5.78 Å². The van der Waals surface area contributed by atoms with Crippen LogP contribution in [-0.4, -0.2) is 29.7 Å². The monoisotopic (exact) mass is 438 g/mol. The Kier molecular flexibility index (Phi) is 7.30. The number of carbonyl (C=O) groups is 1. The third kappa shape index (κ3) is 5.08. The molecule has 0 aliphatic carbocycles. The van der Waals surface area contributed by atoms with Crippen LogP contribution < -0.4 is 4.18 Å². The number of ketones is 1. The van der Waals surface area contributed by atoms with Gasteiger partial charge in [-0.25, -0.2) is 4.68 Å². The number of halogens is 1. The minimum Gasteiger partial charge on any atom is -0.361 e. The van der Waals surface area contributed by atoms with Crippen molar-refractivity contribution >= 4 is 33.1 Å². The molecule has 1 heterocycles. The average molecular weight is 439 g/mol. The average Bonchev–Trinajstić information content (AvgIpc) is 2.99. The number of nitrogens with zero attached hydrogens (tertiary/aromatic N) is 2. The van der Waals surface area contributed by atoms with Gasteiger partial charge in [-0.05, 0) is 62.9 Å². The maximum atomic E-state index is 13.3. The first kappa shape index (κ1) is 23.2. The van der Waals surface area contributed by atoms with Gasteiger partial charge in [0.2, 0.25) is 5.88 Å². The molecule has 0 atom stereocenters. The third-order valence-corrected chi connectivity index (χ3v) is 6.38. The van der Waals surface area contributed by atoms with E-state index in [4.69, 9.17) is 15.8 Å². The minimum atomic E-state index is -3.82. The summed E-state index contributed by atoms with van der Waals surface area (Å²) in [6.45, 7) is 9.64. The van der Waals surface area contributed by atoms with Crippen molar-refractivity contribution in [1.29, 1.82) is 0 Å². The highest BCUT2D eigenvalue weighted by Gasteiger charge is 2.26. The lowest BCUT2D eigenvalue weighted by Crippen LogP contribution is -2.17. The van der Waals surface area contributed by atoms with Crippen molar-refractivity contribution in [2.45, 2.75) is 47.5 Å². The number of allylic oxidation sites excluding steroid dienone is 2. The molecule has 0 radical (unpaired) electrons. The van der Waals surface area contributed by atoms with Gasteiger partial charge in [0.1, 0.15) is 5.56 Å². The predicted octanol–water partition coefficient (Wildman–Crippen LogP) is 4.93. The summed E-state index contributed by atoms with van der Waals surface area (Å²) in [6, 6.07) is 3.32. The summed E-state index contributed by atoms with van der Waals surface area (Å²) < 4.78 is 31.0. The molecule has 0 aliphatic heterocycles. The Morgan fingerprint density at radius 3 is 2.45 bits per heavy atom. The van der Waals surface area contributed by atoms with Gasteiger partial charge in [-0.3, -0.25) is 4.79 Å². The van der Waals surface area contributed by atoms with Crippen LogP contribution in [0.1, 0.15) is 67.6 Å². The van der Waals surface area contributed by atoms with E-state index >= 15 is 0 Å². The zero-order valence-corrected chi connectivity index (χ0v) is 19.2. The Morgan fingerprint density at radius 1 is 1.21 bits per heavy atom. The van der Waals surface area contributed by atoms with Crippen LogP contribution in [0.15, 0.2) is 23.9 Å². The molecule has 0 fully saturated rings. The highest BCUT2D eigenvalue weighted by Crippen LogP contribution is 2.33. The molecular weight excluding hydrogens is 412 g/mol. The molecule has 0 saturated heterocycles. The van der Waals surface area contributed by atoms with E-state index in [0.29, 0.717) is 17.0 Å². The Balaban J connectivity index is 2.53. The first-order valence-corrected chi connectivity index (χ1v) is 11.4. The van der Waals surface area contributed by atoms with Gasteiger partial charge in [-0.1, -0.05) is 30.5 Å². The first-order chi connectivity index (χ1) is 13.5. The summed E-state index contributed by atoms with van der Waals surface area (Å²) in [5, 5.41) is 4.59. The second kappa shape index (κ2) is 9.13. The lowest BCUT2D eigenvalue weighted by molar-refractivity contribution is 0.103. The SMILES string of the molecule is CCCCS(=O)(=O)Oc1c(C(=O)c2ccc(Cl)c(C(C)=C(C)C)c2C)cnn1C. The van der Waals surface area contributed by atoms with Crippen LogP contribution in [0.2, 0.25) is 5.02 Å². The van der Waals surface area contributed by atoms with Crippen LogP contribution in [0.25, 0.3) is 5.57 Å². The summed E-state index contributed by atoms with van der Waals surface area (Å²) in [7, 11) is -2.28. The van der Waals surface area contributed by atoms with E-state index in [-0.39, 0.29) is 23.0 Å². The molecule has 6 nitrogen and oxygen atoms in total. The fourth-order valence-electron chi connectivity index (χ4n) is 2.94. The van der Waals surface area contributed by atoms with Crippen LogP contribution in [0.4, 0.5) is 0 Å². The lowest BCUT2D eigenvalue weighted by Gasteiger charge is -2.15. The Bertz CT molecular complexity index is 1060. The van der Waals surface area contributed by atoms with Gasteiger partial charge < -0.3 is 4.18 Å². The highest BCUT2D eigenvalue weighted by atomic mass is 35.5. The molecule has 0 spiro atoms. The number of rotatable bonds is 8. The highest BCUT2D eigenvalue weighted by molar-refractivity contribution is 7.87. The molecule has 2 aromatic rings. The van der Waals surface area contributed by atoms with Crippen LogP contribution in [0.5, 0.6) is 5.88 Å². The molecule has 0 amide bonds. The van der Waals surface area contributed by atoms with E-state index in [1.165, 1.54) is 17.9 Å². The number of carbonyl (C=O) groups excluding carboxylic acids is 1. The Labute approximate surface area is 177 Å². The van der Waals surface area contributed by atoms with E-state index in [2.05, 4.69) is 5.10 Å². The van der Waals surface area contributed by atoms with Crippen molar-refractivity contribution < 1.29 is 17.4 Å². The van der Waals surface area contributed by atoms with Crippen LogP contribution in [0, 0.1) is 6.92 Å². The van der Waals surface area contributed by atoms with Crippen molar-refractivity contribution in [2.75, 3.05) is 5.75 Å². The van der Waals surface area contributed by atoms with E-state index in [1.54, 1.807) is 12.1 Å². The quantitative estimate of drug-likeness (QED) is 0.431. The number of aryl methyl sites for hydroxylation is 1. The second-order valence-electron chi connectivity index (χ2n) is 7.23. The van der Waals surface area contributed by atoms with Gasteiger partial charge in [0.05, 0.1) is 11.9 Å². The summed E-state index contributed by atoms with van der Waals surface area (Å²) >= 11 is 6.40. The zero-order valence-electron chi connectivity index (χ0n) is 17.7. The lowest BCUT2D eigenvalue weighted by atomic mass is 9.92. The number of aromatic nitrogens is 2. The largest absolute Gasteiger partial charge is 0.361 e. The predicted molar refractivity (Wildman–Crippen MR) is 116 cm³/mol. The van der Waals surface area contributed by atoms with Gasteiger partial charge in [-0.2, -0.15) is 13.5 Å². The molecule has 0 N–H and O–H groups in total. The molecule has 158 valence electrons. The minimum absolute atomic E-state index is 0.0825. The van der Waals surface area contributed by atoms with Gasteiger partial charge in [0, 0.05) is 17.6 Å². The van der Waals surface area contributed by atoms with Crippen molar-refractivity contribution in [3.63, 3.8) is 0 Å². The topological polar surface area (TPSA) is 78.3 Å². The van der Waals surface area contributed by atoms with E-state index in [0.717, 1.165) is 28.7 Å². The molecule has 8 heteroatoms. The number of hydrogen-bond acceptors (Lipinski definition) is 5. The van der Waals surface area contributed by atoms with Crippen molar-refractivity contribution in [3.05, 3.63) is 51.2 Å². The number of hydrogen-bond donors (Lipinski definition) is 0. The molecule has 2 rings (SSSR count). The van der Waals surface area contributed by atoms with Gasteiger partial charge in [0.25, 0.3) is 0 Å². The van der Waals surface area contributed by atoms with Crippen molar-refractivity contribution in [2.24, 2.45) is 7.05 Å². The standard InChI is InChI=1S/C21H27ClN2O4S/c1-7-8-11-29(26,27)28-21-17(12-23-24(21)6)20(25)16-9-10-18(22)19(15(16)5)14(4)13(2)3/h9-10,12H,7-8,11H2,1-6H3. The van der Waals surface area contributed by atoms with E-state index < -0.39 is 10.1 Å². The third-order valence-electron chi connectivity index (χ3n) is 4.87. The van der Waals surface area contributed by atoms with E-state index in [1.807, 2.05) is 34.6 Å². The second-order valence-corrected chi connectivity index (χ2v) is 9.33. The maximum absolute atomic E-state index is 13.3. The maximum Gasteiger partial charge on any atom is 0.310 e. The molecule has 1 aromatic carbocycles. The molecule has 0 saturated carbocycles. The van der Waals surface area contributed by atoms with Gasteiger partial charge >= 0.3 is 10.1 Å². The smallest absolute Gasteiger partial charge is 0.310 e. The molecule has 1 aromatic heterocycles. The summed E-state index contributed by atoms with van der Waals surface area (Å²) in [4.78, 5) is 13.3. The van der Waals surface area contributed by atoms with E-state index in [9.17, 15) is 13.2 Å². The van der Waals surface area contributed by atoms with Gasteiger partial charge in [-0.15, -0.1) is 0 Å². The Morgan fingerprint density at radius 2 is 1.86 bits per heavy atom. The molecular formula is C21H27ClN2O4S. The fourth-order valence-corrected chi connectivity index (χ4v) is 4.45. The zero-order chi connectivity index (χ0) is 21.9. The fraction of sp³-hybridized carbons (Fsp3) is 0.429. The van der Waals surface area contributed by atoms with Crippen LogP contribution in [-0.2, 0) is 17.2 Å². The normalized spacial score (nSPS) is 11.4. The molecule has 0 unspecified atom stereocenters. The molecule has 0 aliphatic rings. The number of benzene rings is 1. The molecule has 0 bridgehead atoms. The Hall–Kier alpha value is -2.12. The van der Waals surface area contributed by atoms with Crippen LogP contribution >= 0.6 is 11.6 Å². The molecule has 29 heavy (non-hydrogen) atoms. The first-order valence-electron chi connectivity index (χ1n) is 9.42. The van der Waals surface area contributed by atoms with Crippen LogP contribution in [0.3, 0.4) is 0 Å². The summed E-state index contributed by atoms with van der Waals surface area (Å²) in [5.74, 6) is -0.566.